The number of nitrogens with one attached hydrogen (secondary N) is 2. The molecule has 4 rings (SSSR count). The standard InChI is InChI=1S/C22H23N3O6/c1-27-17-10-19(29-3)18(28-2)9-14(17)11-23-22(26)15-12-24-25-21(15)13-4-5-16-20(8-13)31-7-6-30-16/h4-5,8-10,12H,6-7,11H2,1-3H3,(H,23,26)(H,24,25). The van der Waals surface area contributed by atoms with Crippen molar-refractivity contribution >= 4 is 5.91 Å². The molecule has 0 aliphatic carbocycles. The maximum absolute atomic E-state index is 12.9. The lowest BCUT2D eigenvalue weighted by molar-refractivity contribution is 0.0951. The maximum Gasteiger partial charge on any atom is 0.255 e. The molecule has 0 radical (unpaired) electrons. The molecule has 0 bridgehead atoms. The first kappa shape index (κ1) is 20.4. The van der Waals surface area contributed by atoms with Gasteiger partial charge in [-0.05, 0) is 24.3 Å². The molecule has 31 heavy (non-hydrogen) atoms. The molecule has 0 fully saturated rings. The highest BCUT2D eigenvalue weighted by Gasteiger charge is 2.19. The Labute approximate surface area is 179 Å². The summed E-state index contributed by atoms with van der Waals surface area (Å²) in [6.45, 7) is 1.23. The topological polar surface area (TPSA) is 104 Å². The maximum atomic E-state index is 12.9. The summed E-state index contributed by atoms with van der Waals surface area (Å²) < 4.78 is 27.3. The summed E-state index contributed by atoms with van der Waals surface area (Å²) in [6.07, 6.45) is 1.49. The first-order chi connectivity index (χ1) is 15.1. The summed E-state index contributed by atoms with van der Waals surface area (Å²) in [5.41, 5.74) is 2.53. The van der Waals surface area contributed by atoms with Crippen molar-refractivity contribution in [1.29, 1.82) is 0 Å². The number of fused-ring (bicyclic) bond motifs is 1. The zero-order valence-corrected chi connectivity index (χ0v) is 17.5. The van der Waals surface area contributed by atoms with Gasteiger partial charge in [0.1, 0.15) is 19.0 Å². The minimum absolute atomic E-state index is 0.230. The number of aromatic amines is 1. The van der Waals surface area contributed by atoms with Crippen LogP contribution in [0, 0.1) is 0 Å². The molecular formula is C22H23N3O6. The Hall–Kier alpha value is -3.88. The van der Waals surface area contributed by atoms with Gasteiger partial charge < -0.3 is 29.0 Å². The average Bonchev–Trinajstić information content (AvgIpc) is 3.31. The average molecular weight is 425 g/mol. The second kappa shape index (κ2) is 8.86. The molecule has 162 valence electrons. The van der Waals surface area contributed by atoms with Gasteiger partial charge in [0.2, 0.25) is 0 Å². The third-order valence-electron chi connectivity index (χ3n) is 4.94. The van der Waals surface area contributed by atoms with Crippen LogP contribution in [0.25, 0.3) is 11.3 Å². The second-order valence-corrected chi connectivity index (χ2v) is 6.72. The van der Waals surface area contributed by atoms with Crippen molar-refractivity contribution in [1.82, 2.24) is 15.5 Å². The Morgan fingerprint density at radius 2 is 1.71 bits per heavy atom. The van der Waals surface area contributed by atoms with E-state index in [1.165, 1.54) is 6.20 Å². The second-order valence-electron chi connectivity index (χ2n) is 6.72. The number of methoxy groups -OCH3 is 3. The Balaban J connectivity index is 1.54. The highest BCUT2D eigenvalue weighted by Crippen LogP contribution is 2.36. The van der Waals surface area contributed by atoms with Crippen LogP contribution in [-0.4, -0.2) is 50.6 Å². The zero-order chi connectivity index (χ0) is 21.8. The van der Waals surface area contributed by atoms with Crippen molar-refractivity contribution in [3.63, 3.8) is 0 Å². The van der Waals surface area contributed by atoms with Gasteiger partial charge in [0.15, 0.2) is 23.0 Å². The molecule has 0 atom stereocenters. The van der Waals surface area contributed by atoms with E-state index in [0.29, 0.717) is 53.2 Å². The van der Waals surface area contributed by atoms with Crippen molar-refractivity contribution in [2.24, 2.45) is 0 Å². The molecule has 9 nitrogen and oxygen atoms in total. The van der Waals surface area contributed by atoms with Crippen LogP contribution in [0.15, 0.2) is 36.5 Å². The Morgan fingerprint density at radius 1 is 1.00 bits per heavy atom. The van der Waals surface area contributed by atoms with E-state index >= 15 is 0 Å². The van der Waals surface area contributed by atoms with Crippen molar-refractivity contribution in [3.8, 4) is 40.0 Å². The lowest BCUT2D eigenvalue weighted by Gasteiger charge is -2.18. The first-order valence-electron chi connectivity index (χ1n) is 9.65. The van der Waals surface area contributed by atoms with Crippen molar-refractivity contribution in [2.75, 3.05) is 34.5 Å². The largest absolute Gasteiger partial charge is 0.496 e. The van der Waals surface area contributed by atoms with Gasteiger partial charge in [-0.1, -0.05) is 0 Å². The van der Waals surface area contributed by atoms with E-state index in [0.717, 1.165) is 11.1 Å². The number of nitrogens with zero attached hydrogens (tertiary/aromatic N) is 1. The van der Waals surface area contributed by atoms with Crippen LogP contribution >= 0.6 is 0 Å². The summed E-state index contributed by atoms with van der Waals surface area (Å²) in [7, 11) is 4.66. The minimum Gasteiger partial charge on any atom is -0.496 e. The molecule has 9 heteroatoms. The van der Waals surface area contributed by atoms with Crippen LogP contribution < -0.4 is 29.0 Å². The van der Waals surface area contributed by atoms with Gasteiger partial charge in [0.25, 0.3) is 5.91 Å². The van der Waals surface area contributed by atoms with E-state index in [2.05, 4.69) is 15.5 Å². The van der Waals surface area contributed by atoms with Gasteiger partial charge in [0.05, 0.1) is 38.8 Å². The first-order valence-corrected chi connectivity index (χ1v) is 9.65. The molecule has 2 N–H and O–H groups in total. The molecule has 3 aromatic rings. The van der Waals surface area contributed by atoms with Crippen molar-refractivity contribution < 1.29 is 28.5 Å². The zero-order valence-electron chi connectivity index (χ0n) is 17.5. The molecule has 0 saturated carbocycles. The molecule has 0 spiro atoms. The number of aromatic nitrogens is 2. The van der Waals surface area contributed by atoms with Crippen molar-refractivity contribution in [2.45, 2.75) is 6.54 Å². The molecule has 1 aromatic heterocycles. The molecule has 0 saturated heterocycles. The summed E-state index contributed by atoms with van der Waals surface area (Å²) in [6, 6.07) is 9.00. The van der Waals surface area contributed by atoms with E-state index in [1.807, 2.05) is 18.2 Å². The number of hydrogen-bond donors (Lipinski definition) is 2. The number of carbonyl (C=O) groups is 1. The highest BCUT2D eigenvalue weighted by atomic mass is 16.6. The summed E-state index contributed by atoms with van der Waals surface area (Å²) in [5, 5.41) is 9.85. The third-order valence-corrected chi connectivity index (χ3v) is 4.94. The number of benzene rings is 2. The number of H-pyrrole nitrogens is 1. The highest BCUT2D eigenvalue weighted by molar-refractivity contribution is 5.99. The van der Waals surface area contributed by atoms with Gasteiger partial charge in [-0.25, -0.2) is 0 Å². The number of hydrogen-bond acceptors (Lipinski definition) is 7. The van der Waals surface area contributed by atoms with Crippen molar-refractivity contribution in [3.05, 3.63) is 47.7 Å². The number of carbonyl (C=O) groups excluding carboxylic acids is 1. The summed E-state index contributed by atoms with van der Waals surface area (Å²) >= 11 is 0. The molecule has 0 unspecified atom stereocenters. The van der Waals surface area contributed by atoms with E-state index in [-0.39, 0.29) is 12.5 Å². The minimum atomic E-state index is -0.282. The number of ether oxygens (including phenoxy) is 5. The lowest BCUT2D eigenvalue weighted by Crippen LogP contribution is -2.23. The quantitative estimate of drug-likeness (QED) is 0.600. The van der Waals surface area contributed by atoms with Crippen LogP contribution in [0.4, 0.5) is 0 Å². The van der Waals surface area contributed by atoms with Crippen LogP contribution in [0.2, 0.25) is 0 Å². The van der Waals surface area contributed by atoms with Crippen LogP contribution in [-0.2, 0) is 6.54 Å². The predicted octanol–water partition coefficient (Wildman–Crippen LogP) is 2.80. The smallest absolute Gasteiger partial charge is 0.255 e. The fourth-order valence-corrected chi connectivity index (χ4v) is 3.38. The van der Waals surface area contributed by atoms with Gasteiger partial charge in [-0.3, -0.25) is 9.89 Å². The molecule has 2 heterocycles. The Kier molecular flexibility index (Phi) is 5.83. The molecule has 2 aromatic carbocycles. The van der Waals surface area contributed by atoms with Crippen LogP contribution in [0.1, 0.15) is 15.9 Å². The van der Waals surface area contributed by atoms with E-state index in [4.69, 9.17) is 23.7 Å². The summed E-state index contributed by atoms with van der Waals surface area (Å²) in [4.78, 5) is 12.9. The van der Waals surface area contributed by atoms with Gasteiger partial charge >= 0.3 is 0 Å². The Morgan fingerprint density at radius 3 is 2.45 bits per heavy atom. The number of rotatable bonds is 7. The van der Waals surface area contributed by atoms with Crippen LogP contribution in [0.5, 0.6) is 28.7 Å². The normalized spacial score (nSPS) is 12.2. The monoisotopic (exact) mass is 425 g/mol. The lowest BCUT2D eigenvalue weighted by atomic mass is 10.1. The SMILES string of the molecule is COc1cc(OC)c(OC)cc1CNC(=O)c1cn[nH]c1-c1ccc2c(c1)OCCO2. The molecule has 1 aliphatic heterocycles. The van der Waals surface area contributed by atoms with E-state index in [9.17, 15) is 4.79 Å². The third kappa shape index (κ3) is 4.07. The van der Waals surface area contributed by atoms with Gasteiger partial charge in [-0.2, -0.15) is 5.10 Å². The Bertz CT molecular complexity index is 1090. The fraction of sp³-hybridized carbons (Fsp3) is 0.273. The van der Waals surface area contributed by atoms with E-state index in [1.54, 1.807) is 33.5 Å². The van der Waals surface area contributed by atoms with E-state index < -0.39 is 0 Å². The molecular weight excluding hydrogens is 402 g/mol. The number of amides is 1. The van der Waals surface area contributed by atoms with Gasteiger partial charge in [0, 0.05) is 23.7 Å². The van der Waals surface area contributed by atoms with Crippen LogP contribution in [0.3, 0.4) is 0 Å². The predicted molar refractivity (Wildman–Crippen MR) is 112 cm³/mol. The summed E-state index contributed by atoms with van der Waals surface area (Å²) in [5.74, 6) is 2.71. The van der Waals surface area contributed by atoms with Gasteiger partial charge in [-0.15, -0.1) is 0 Å². The molecule has 1 aliphatic rings. The fourth-order valence-electron chi connectivity index (χ4n) is 3.38. The molecule has 1 amide bonds.